The van der Waals surface area contributed by atoms with E-state index in [1.54, 1.807) is 28.4 Å². The first-order valence-corrected chi connectivity index (χ1v) is 10.4. The van der Waals surface area contributed by atoms with Gasteiger partial charge in [0.05, 0.1) is 11.6 Å². The molecule has 2 aliphatic heterocycles. The SMILES string of the molecule is CC1CCc2nc(NC(=O)C3CC(=O)N(c4ccc5c(c4)OCO5)C3)sc2C1. The highest BCUT2D eigenvalue weighted by Gasteiger charge is 2.36. The molecule has 1 aromatic heterocycles. The van der Waals surface area contributed by atoms with Gasteiger partial charge in [0, 0.05) is 29.6 Å². The fourth-order valence-electron chi connectivity index (χ4n) is 3.99. The zero-order chi connectivity index (χ0) is 19.3. The van der Waals surface area contributed by atoms with Crippen LogP contribution < -0.4 is 19.7 Å². The molecule has 2 unspecified atom stereocenters. The van der Waals surface area contributed by atoms with Crippen molar-refractivity contribution in [2.24, 2.45) is 11.8 Å². The largest absolute Gasteiger partial charge is 0.454 e. The first-order valence-electron chi connectivity index (χ1n) is 9.56. The fourth-order valence-corrected chi connectivity index (χ4v) is 5.16. The summed E-state index contributed by atoms with van der Waals surface area (Å²) in [7, 11) is 0. The summed E-state index contributed by atoms with van der Waals surface area (Å²) in [4.78, 5) is 32.7. The van der Waals surface area contributed by atoms with Crippen LogP contribution >= 0.6 is 11.3 Å². The van der Waals surface area contributed by atoms with Crippen LogP contribution in [0, 0.1) is 11.8 Å². The molecule has 28 heavy (non-hydrogen) atoms. The van der Waals surface area contributed by atoms with Crippen molar-refractivity contribution in [1.82, 2.24) is 4.98 Å². The van der Waals surface area contributed by atoms with Crippen LogP contribution in [0.5, 0.6) is 11.5 Å². The standard InChI is InChI=1S/C20H21N3O4S/c1-11-2-4-14-17(6-11)28-20(21-14)22-19(25)12-7-18(24)23(9-12)13-3-5-15-16(8-13)27-10-26-15/h3,5,8,11-12H,2,4,6-7,9-10H2,1H3,(H,21,22,25). The number of hydrogen-bond acceptors (Lipinski definition) is 6. The predicted octanol–water partition coefficient (Wildman–Crippen LogP) is 2.99. The second kappa shape index (κ2) is 6.77. The number of amides is 2. The van der Waals surface area contributed by atoms with Gasteiger partial charge >= 0.3 is 0 Å². The Kier molecular flexibility index (Phi) is 4.23. The Morgan fingerprint density at radius 1 is 1.29 bits per heavy atom. The van der Waals surface area contributed by atoms with Crippen molar-refractivity contribution < 1.29 is 19.1 Å². The van der Waals surface area contributed by atoms with Crippen molar-refractivity contribution in [1.29, 1.82) is 0 Å². The number of rotatable bonds is 3. The average Bonchev–Trinajstić information content (AvgIpc) is 3.38. The molecule has 1 N–H and O–H groups in total. The van der Waals surface area contributed by atoms with E-state index < -0.39 is 5.92 Å². The Bertz CT molecular complexity index is 957. The molecule has 8 heteroatoms. The number of thiazole rings is 1. The second-order valence-electron chi connectivity index (χ2n) is 7.67. The van der Waals surface area contributed by atoms with Crippen LogP contribution in [0.4, 0.5) is 10.8 Å². The van der Waals surface area contributed by atoms with Crippen molar-refractivity contribution in [3.8, 4) is 11.5 Å². The van der Waals surface area contributed by atoms with E-state index in [0.29, 0.717) is 29.1 Å². The maximum atomic E-state index is 12.7. The maximum Gasteiger partial charge on any atom is 0.231 e. The molecule has 1 fully saturated rings. The molecule has 0 bridgehead atoms. The molecule has 1 aliphatic carbocycles. The minimum Gasteiger partial charge on any atom is -0.454 e. The fraction of sp³-hybridized carbons (Fsp3) is 0.450. The molecule has 2 atom stereocenters. The summed E-state index contributed by atoms with van der Waals surface area (Å²) < 4.78 is 10.7. The molecule has 2 amide bonds. The van der Waals surface area contributed by atoms with Crippen LogP contribution in [0.25, 0.3) is 0 Å². The molecule has 3 heterocycles. The van der Waals surface area contributed by atoms with Gasteiger partial charge in [-0.15, -0.1) is 11.3 Å². The average molecular weight is 399 g/mol. The minimum absolute atomic E-state index is 0.0636. The normalized spacial score (nSPS) is 23.0. The molecule has 146 valence electrons. The Balaban J connectivity index is 1.27. The lowest BCUT2D eigenvalue weighted by molar-refractivity contribution is -0.122. The number of aryl methyl sites for hydroxylation is 1. The number of aromatic nitrogens is 1. The van der Waals surface area contributed by atoms with Gasteiger partial charge in [0.1, 0.15) is 0 Å². The summed E-state index contributed by atoms with van der Waals surface area (Å²) in [6, 6.07) is 5.40. The van der Waals surface area contributed by atoms with Gasteiger partial charge in [-0.25, -0.2) is 4.98 Å². The van der Waals surface area contributed by atoms with E-state index >= 15 is 0 Å². The molecule has 0 spiro atoms. The van der Waals surface area contributed by atoms with E-state index in [1.165, 1.54) is 4.88 Å². The van der Waals surface area contributed by atoms with E-state index in [2.05, 4.69) is 17.2 Å². The van der Waals surface area contributed by atoms with Gasteiger partial charge in [-0.1, -0.05) is 6.92 Å². The number of nitrogens with one attached hydrogen (secondary N) is 1. The Labute approximate surface area is 166 Å². The molecule has 1 aromatic carbocycles. The van der Waals surface area contributed by atoms with Crippen molar-refractivity contribution in [3.63, 3.8) is 0 Å². The molecular formula is C20H21N3O4S. The van der Waals surface area contributed by atoms with E-state index in [4.69, 9.17) is 9.47 Å². The highest BCUT2D eigenvalue weighted by Crippen LogP contribution is 2.37. The number of ether oxygens (including phenoxy) is 2. The van der Waals surface area contributed by atoms with Crippen molar-refractivity contribution in [2.45, 2.75) is 32.6 Å². The van der Waals surface area contributed by atoms with Crippen LogP contribution in [-0.4, -0.2) is 30.1 Å². The van der Waals surface area contributed by atoms with E-state index in [-0.39, 0.29) is 25.0 Å². The number of fused-ring (bicyclic) bond motifs is 2. The third-order valence-electron chi connectivity index (χ3n) is 5.58. The van der Waals surface area contributed by atoms with E-state index in [1.807, 2.05) is 6.07 Å². The van der Waals surface area contributed by atoms with E-state index in [0.717, 1.165) is 30.6 Å². The summed E-state index contributed by atoms with van der Waals surface area (Å²) in [5, 5.41) is 3.59. The molecular weight excluding hydrogens is 378 g/mol. The quantitative estimate of drug-likeness (QED) is 0.858. The first-order chi connectivity index (χ1) is 13.6. The predicted molar refractivity (Wildman–Crippen MR) is 105 cm³/mol. The number of benzene rings is 1. The third kappa shape index (κ3) is 3.11. The summed E-state index contributed by atoms with van der Waals surface area (Å²) in [5.41, 5.74) is 1.84. The summed E-state index contributed by atoms with van der Waals surface area (Å²) in [6.07, 6.45) is 3.35. The topological polar surface area (TPSA) is 80.8 Å². The molecule has 0 radical (unpaired) electrons. The zero-order valence-electron chi connectivity index (χ0n) is 15.6. The number of anilines is 2. The number of nitrogens with zero attached hydrogens (tertiary/aromatic N) is 2. The van der Waals surface area contributed by atoms with Crippen molar-refractivity contribution in [3.05, 3.63) is 28.8 Å². The van der Waals surface area contributed by atoms with Gasteiger partial charge in [-0.2, -0.15) is 0 Å². The van der Waals surface area contributed by atoms with Crippen LogP contribution in [0.3, 0.4) is 0 Å². The van der Waals surface area contributed by atoms with E-state index in [9.17, 15) is 9.59 Å². The summed E-state index contributed by atoms with van der Waals surface area (Å²) >= 11 is 1.57. The van der Waals surface area contributed by atoms with Gasteiger partial charge in [-0.05, 0) is 37.3 Å². The van der Waals surface area contributed by atoms with Crippen LogP contribution in [-0.2, 0) is 22.4 Å². The Hall–Kier alpha value is -2.61. The van der Waals surface area contributed by atoms with Crippen LogP contribution in [0.15, 0.2) is 18.2 Å². The highest BCUT2D eigenvalue weighted by atomic mass is 32.1. The number of carbonyl (C=O) groups is 2. The van der Waals surface area contributed by atoms with Gasteiger partial charge in [0.25, 0.3) is 0 Å². The monoisotopic (exact) mass is 399 g/mol. The second-order valence-corrected chi connectivity index (χ2v) is 8.75. The van der Waals surface area contributed by atoms with Crippen LogP contribution in [0.1, 0.15) is 30.3 Å². The molecule has 5 rings (SSSR count). The lowest BCUT2D eigenvalue weighted by Gasteiger charge is -2.17. The molecule has 3 aliphatic rings. The summed E-state index contributed by atoms with van der Waals surface area (Å²) in [5.74, 6) is 1.37. The lowest BCUT2D eigenvalue weighted by Crippen LogP contribution is -2.28. The third-order valence-corrected chi connectivity index (χ3v) is 6.62. The van der Waals surface area contributed by atoms with Gasteiger partial charge in [0.2, 0.25) is 18.6 Å². The van der Waals surface area contributed by atoms with Crippen molar-refractivity contribution in [2.75, 3.05) is 23.6 Å². The first kappa shape index (κ1) is 17.5. The van der Waals surface area contributed by atoms with Gasteiger partial charge in [-0.3, -0.25) is 9.59 Å². The minimum atomic E-state index is -0.391. The lowest BCUT2D eigenvalue weighted by atomic mass is 9.93. The Morgan fingerprint density at radius 3 is 3.04 bits per heavy atom. The number of hydrogen-bond donors (Lipinski definition) is 1. The van der Waals surface area contributed by atoms with Gasteiger partial charge < -0.3 is 19.7 Å². The number of carbonyl (C=O) groups excluding carboxylic acids is 2. The smallest absolute Gasteiger partial charge is 0.231 e. The maximum absolute atomic E-state index is 12.7. The molecule has 7 nitrogen and oxygen atoms in total. The zero-order valence-corrected chi connectivity index (χ0v) is 16.4. The van der Waals surface area contributed by atoms with Gasteiger partial charge in [0.15, 0.2) is 16.6 Å². The Morgan fingerprint density at radius 2 is 2.14 bits per heavy atom. The molecule has 2 aromatic rings. The van der Waals surface area contributed by atoms with Crippen LogP contribution in [0.2, 0.25) is 0 Å². The molecule has 0 saturated carbocycles. The summed E-state index contributed by atoms with van der Waals surface area (Å²) in [6.45, 7) is 2.79. The highest BCUT2D eigenvalue weighted by molar-refractivity contribution is 7.15. The van der Waals surface area contributed by atoms with Crippen molar-refractivity contribution >= 4 is 34.0 Å². The molecule has 1 saturated heterocycles.